The van der Waals surface area contributed by atoms with Crippen molar-refractivity contribution in [2.75, 3.05) is 18.6 Å². The Morgan fingerprint density at radius 3 is 2.67 bits per heavy atom. The molecule has 0 fully saturated rings. The molecule has 0 spiro atoms. The van der Waals surface area contributed by atoms with Crippen molar-refractivity contribution < 1.29 is 18.3 Å². The maximum Gasteiger partial charge on any atom is 0.337 e. The van der Waals surface area contributed by atoms with Crippen molar-refractivity contribution in [3.63, 3.8) is 0 Å². The smallest absolute Gasteiger partial charge is 0.337 e. The third kappa shape index (κ3) is 5.86. The molecule has 0 unspecified atom stereocenters. The maximum atomic E-state index is 12.1. The van der Waals surface area contributed by atoms with Gasteiger partial charge >= 0.3 is 5.97 Å². The van der Waals surface area contributed by atoms with Crippen LogP contribution in [0.5, 0.6) is 0 Å². The second kappa shape index (κ2) is 8.63. The molecule has 0 amide bonds. The Hall–Kier alpha value is -0.760. The van der Waals surface area contributed by atoms with Crippen LogP contribution in [0.4, 0.5) is 0 Å². The van der Waals surface area contributed by atoms with Gasteiger partial charge in [-0.25, -0.2) is 17.9 Å². The number of aromatic carboxylic acids is 1. The van der Waals surface area contributed by atoms with Gasteiger partial charge in [-0.05, 0) is 43.0 Å². The number of nitrogens with one attached hydrogen (secondary N) is 1. The van der Waals surface area contributed by atoms with Gasteiger partial charge in [0.2, 0.25) is 10.0 Å². The molecule has 21 heavy (non-hydrogen) atoms. The van der Waals surface area contributed by atoms with Gasteiger partial charge in [-0.2, -0.15) is 11.8 Å². The standard InChI is InChI=1S/C13H18ClNO4S2/c1-20-8-4-2-3-7-15-21(18,19)10-5-6-12(14)11(9-10)13(16)17/h5-6,9,15H,2-4,7-8H2,1H3,(H,16,17). The van der Waals surface area contributed by atoms with Crippen molar-refractivity contribution in [1.82, 2.24) is 4.72 Å². The average Bonchev–Trinajstić information content (AvgIpc) is 2.42. The molecule has 0 heterocycles. The largest absolute Gasteiger partial charge is 0.478 e. The summed E-state index contributed by atoms with van der Waals surface area (Å²) in [6.45, 7) is 0.335. The molecule has 1 aromatic carbocycles. The van der Waals surface area contributed by atoms with E-state index in [0.717, 1.165) is 31.1 Å². The van der Waals surface area contributed by atoms with Crippen LogP contribution in [0.2, 0.25) is 5.02 Å². The number of carboxylic acids is 1. The van der Waals surface area contributed by atoms with Crippen LogP contribution in [0.3, 0.4) is 0 Å². The monoisotopic (exact) mass is 351 g/mol. The summed E-state index contributed by atoms with van der Waals surface area (Å²) in [4.78, 5) is 10.9. The summed E-state index contributed by atoms with van der Waals surface area (Å²) < 4.78 is 26.6. The van der Waals surface area contributed by atoms with Crippen LogP contribution < -0.4 is 4.72 Å². The van der Waals surface area contributed by atoms with Crippen LogP contribution in [-0.2, 0) is 10.0 Å². The van der Waals surface area contributed by atoms with Crippen molar-refractivity contribution in [2.24, 2.45) is 0 Å². The van der Waals surface area contributed by atoms with Gasteiger partial charge < -0.3 is 5.11 Å². The summed E-state index contributed by atoms with van der Waals surface area (Å²) in [7, 11) is -3.70. The topological polar surface area (TPSA) is 83.5 Å². The van der Waals surface area contributed by atoms with Gasteiger partial charge in [0.25, 0.3) is 0 Å². The number of carbonyl (C=O) groups is 1. The second-order valence-corrected chi connectivity index (χ2v) is 7.56. The molecule has 0 radical (unpaired) electrons. The Kier molecular flexibility index (Phi) is 7.51. The first-order valence-electron chi connectivity index (χ1n) is 6.40. The van der Waals surface area contributed by atoms with Gasteiger partial charge in [-0.15, -0.1) is 0 Å². The van der Waals surface area contributed by atoms with Crippen LogP contribution in [-0.4, -0.2) is 38.0 Å². The first-order valence-corrected chi connectivity index (χ1v) is 9.65. The van der Waals surface area contributed by atoms with Crippen LogP contribution in [0.1, 0.15) is 29.6 Å². The normalized spacial score (nSPS) is 11.5. The Bertz CT molecular complexity index is 590. The van der Waals surface area contributed by atoms with E-state index in [1.54, 1.807) is 11.8 Å². The number of sulfonamides is 1. The lowest BCUT2D eigenvalue weighted by Gasteiger charge is -2.08. The highest BCUT2D eigenvalue weighted by Crippen LogP contribution is 2.20. The van der Waals surface area contributed by atoms with Gasteiger partial charge in [-0.3, -0.25) is 0 Å². The molecular weight excluding hydrogens is 334 g/mol. The average molecular weight is 352 g/mol. The zero-order chi connectivity index (χ0) is 15.9. The molecule has 0 atom stereocenters. The van der Waals surface area contributed by atoms with Crippen molar-refractivity contribution in [3.05, 3.63) is 28.8 Å². The zero-order valence-electron chi connectivity index (χ0n) is 11.6. The molecule has 0 saturated heterocycles. The Morgan fingerprint density at radius 2 is 2.05 bits per heavy atom. The lowest BCUT2D eigenvalue weighted by atomic mass is 10.2. The van der Waals surface area contributed by atoms with Crippen LogP contribution >= 0.6 is 23.4 Å². The van der Waals surface area contributed by atoms with Crippen molar-refractivity contribution in [1.29, 1.82) is 0 Å². The molecule has 118 valence electrons. The first-order chi connectivity index (χ1) is 9.88. The minimum atomic E-state index is -3.70. The van der Waals surface area contributed by atoms with E-state index in [1.165, 1.54) is 12.1 Å². The van der Waals surface area contributed by atoms with Crippen LogP contribution in [0, 0.1) is 0 Å². The van der Waals surface area contributed by atoms with Gasteiger partial charge in [0.1, 0.15) is 0 Å². The predicted molar refractivity (Wildman–Crippen MR) is 85.8 cm³/mol. The number of halogens is 1. The molecule has 1 rings (SSSR count). The lowest BCUT2D eigenvalue weighted by Crippen LogP contribution is -2.25. The SMILES string of the molecule is CSCCCCCNS(=O)(=O)c1ccc(Cl)c(C(=O)O)c1. The summed E-state index contributed by atoms with van der Waals surface area (Å²) in [6, 6.07) is 3.64. The van der Waals surface area contributed by atoms with E-state index in [2.05, 4.69) is 4.72 Å². The minimum absolute atomic E-state index is 0.0125. The van der Waals surface area contributed by atoms with E-state index in [9.17, 15) is 13.2 Å². The fraction of sp³-hybridized carbons (Fsp3) is 0.462. The summed E-state index contributed by atoms with van der Waals surface area (Å²) in [6.07, 6.45) is 4.78. The van der Waals surface area contributed by atoms with Crippen molar-refractivity contribution in [3.8, 4) is 0 Å². The number of carboxylic acid groups (broad SMARTS) is 1. The molecule has 0 aliphatic carbocycles. The molecule has 2 N–H and O–H groups in total. The van der Waals surface area contributed by atoms with E-state index < -0.39 is 16.0 Å². The van der Waals surface area contributed by atoms with Gasteiger partial charge in [0, 0.05) is 6.54 Å². The number of unbranched alkanes of at least 4 members (excludes halogenated alkanes) is 2. The highest BCUT2D eigenvalue weighted by molar-refractivity contribution is 7.98. The molecule has 0 aromatic heterocycles. The Morgan fingerprint density at radius 1 is 1.33 bits per heavy atom. The van der Waals surface area contributed by atoms with E-state index in [1.807, 2.05) is 6.26 Å². The summed E-state index contributed by atoms with van der Waals surface area (Å²) in [5, 5.41) is 8.96. The molecule has 1 aromatic rings. The molecule has 0 aliphatic rings. The molecule has 8 heteroatoms. The Balaban J connectivity index is 2.66. The second-order valence-electron chi connectivity index (χ2n) is 4.40. The maximum absolute atomic E-state index is 12.1. The molecule has 0 saturated carbocycles. The highest BCUT2D eigenvalue weighted by Gasteiger charge is 2.17. The molecular formula is C13H18ClNO4S2. The van der Waals surface area contributed by atoms with Gasteiger partial charge in [-0.1, -0.05) is 18.0 Å². The van der Waals surface area contributed by atoms with E-state index >= 15 is 0 Å². The van der Waals surface area contributed by atoms with Crippen molar-refractivity contribution >= 4 is 39.4 Å². The van der Waals surface area contributed by atoms with Gasteiger partial charge in [0.05, 0.1) is 15.5 Å². The zero-order valence-corrected chi connectivity index (χ0v) is 14.0. The fourth-order valence-corrected chi connectivity index (χ4v) is 3.46. The third-order valence-corrected chi connectivity index (χ3v) is 5.28. The lowest BCUT2D eigenvalue weighted by molar-refractivity contribution is 0.0697. The summed E-state index contributed by atoms with van der Waals surface area (Å²) >= 11 is 7.48. The highest BCUT2D eigenvalue weighted by atomic mass is 35.5. The van der Waals surface area contributed by atoms with Crippen LogP contribution in [0.25, 0.3) is 0 Å². The predicted octanol–water partition coefficient (Wildman–Crippen LogP) is 2.85. The number of hydrogen-bond donors (Lipinski definition) is 2. The fourth-order valence-electron chi connectivity index (χ4n) is 1.67. The van der Waals surface area contributed by atoms with Crippen molar-refractivity contribution in [2.45, 2.75) is 24.2 Å². The van der Waals surface area contributed by atoms with E-state index in [0.29, 0.717) is 6.54 Å². The van der Waals surface area contributed by atoms with Crippen LogP contribution in [0.15, 0.2) is 23.1 Å². The van der Waals surface area contributed by atoms with E-state index in [4.69, 9.17) is 16.7 Å². The number of rotatable bonds is 9. The number of benzene rings is 1. The number of thioether (sulfide) groups is 1. The first kappa shape index (κ1) is 18.3. The molecule has 0 aliphatic heterocycles. The molecule has 5 nitrogen and oxygen atoms in total. The van der Waals surface area contributed by atoms with Gasteiger partial charge in [0.15, 0.2) is 0 Å². The number of hydrogen-bond acceptors (Lipinski definition) is 4. The minimum Gasteiger partial charge on any atom is -0.478 e. The summed E-state index contributed by atoms with van der Waals surface area (Å²) in [5.74, 6) is -0.194. The third-order valence-electron chi connectivity index (χ3n) is 2.80. The summed E-state index contributed by atoms with van der Waals surface area (Å²) in [5.41, 5.74) is -0.223. The quantitative estimate of drug-likeness (QED) is 0.668. The Labute approximate surface area is 134 Å². The van der Waals surface area contributed by atoms with E-state index in [-0.39, 0.29) is 15.5 Å². The molecule has 0 bridgehead atoms.